The molecule has 0 aliphatic rings. The fourth-order valence-electron chi connectivity index (χ4n) is 1.66. The molecule has 0 heterocycles. The fourth-order valence-corrected chi connectivity index (χ4v) is 1.66. The Balaban J connectivity index is 2.29. The van der Waals surface area contributed by atoms with Crippen LogP contribution < -0.4 is 5.32 Å². The van der Waals surface area contributed by atoms with E-state index in [2.05, 4.69) is 5.32 Å². The molecule has 0 radical (unpaired) electrons. The third kappa shape index (κ3) is 3.14. The summed E-state index contributed by atoms with van der Waals surface area (Å²) in [5, 5.41) is 2.13. The van der Waals surface area contributed by atoms with Gasteiger partial charge >= 0.3 is 6.18 Å². The molecule has 0 saturated carbocycles. The van der Waals surface area contributed by atoms with Crippen LogP contribution in [0.25, 0.3) is 0 Å². The summed E-state index contributed by atoms with van der Waals surface area (Å²) in [5.41, 5.74) is -1.37. The van der Waals surface area contributed by atoms with Crippen LogP contribution in [-0.4, -0.2) is 5.91 Å². The maximum absolute atomic E-state index is 13.0. The van der Waals surface area contributed by atoms with Crippen molar-refractivity contribution in [3.05, 3.63) is 65.5 Å². The summed E-state index contributed by atoms with van der Waals surface area (Å²) in [7, 11) is 0. The topological polar surface area (TPSA) is 29.1 Å². The molecular weight excluding hydrogens is 274 g/mol. The first kappa shape index (κ1) is 14.0. The fraction of sp³-hybridized carbons (Fsp3) is 0.0714. The number of para-hydroxylation sites is 1. The molecule has 0 aromatic heterocycles. The van der Waals surface area contributed by atoms with Gasteiger partial charge in [0, 0.05) is 5.56 Å². The second kappa shape index (κ2) is 5.32. The minimum Gasteiger partial charge on any atom is -0.321 e. The number of amides is 1. The molecule has 20 heavy (non-hydrogen) atoms. The van der Waals surface area contributed by atoms with Crippen LogP contribution in [0.2, 0.25) is 0 Å². The van der Waals surface area contributed by atoms with Crippen molar-refractivity contribution < 1.29 is 22.4 Å². The molecule has 2 rings (SSSR count). The molecule has 0 aliphatic carbocycles. The van der Waals surface area contributed by atoms with Gasteiger partial charge in [-0.05, 0) is 30.3 Å². The van der Waals surface area contributed by atoms with Gasteiger partial charge in [0.1, 0.15) is 5.82 Å². The van der Waals surface area contributed by atoms with Crippen LogP contribution in [0.4, 0.5) is 23.2 Å². The van der Waals surface area contributed by atoms with E-state index in [1.54, 1.807) is 0 Å². The van der Waals surface area contributed by atoms with Crippen LogP contribution in [0.3, 0.4) is 0 Å². The monoisotopic (exact) mass is 283 g/mol. The molecule has 0 aliphatic heterocycles. The number of alkyl halides is 3. The highest BCUT2D eigenvalue weighted by molar-refractivity contribution is 6.04. The highest BCUT2D eigenvalue weighted by atomic mass is 19.4. The third-order valence-electron chi connectivity index (χ3n) is 2.57. The van der Waals surface area contributed by atoms with Crippen molar-refractivity contribution in [3.8, 4) is 0 Å². The number of carbonyl (C=O) groups excluding carboxylic acids is 1. The van der Waals surface area contributed by atoms with Crippen molar-refractivity contribution in [2.75, 3.05) is 5.32 Å². The molecule has 1 N–H and O–H groups in total. The number of anilines is 1. The molecular formula is C14H9F4NO. The Morgan fingerprint density at radius 3 is 2.35 bits per heavy atom. The number of nitrogens with one attached hydrogen (secondary N) is 1. The van der Waals surface area contributed by atoms with E-state index in [1.807, 2.05) is 0 Å². The van der Waals surface area contributed by atoms with E-state index in [0.717, 1.165) is 24.3 Å². The van der Waals surface area contributed by atoms with E-state index in [0.29, 0.717) is 0 Å². The molecule has 0 bridgehead atoms. The highest BCUT2D eigenvalue weighted by Gasteiger charge is 2.33. The molecule has 6 heteroatoms. The maximum Gasteiger partial charge on any atom is 0.418 e. The molecule has 2 aromatic carbocycles. The van der Waals surface area contributed by atoms with Crippen molar-refractivity contribution in [2.45, 2.75) is 6.18 Å². The van der Waals surface area contributed by atoms with Crippen molar-refractivity contribution in [1.29, 1.82) is 0 Å². The van der Waals surface area contributed by atoms with E-state index in [1.165, 1.54) is 24.3 Å². The zero-order valence-corrected chi connectivity index (χ0v) is 10.0. The second-order valence-electron chi connectivity index (χ2n) is 4.01. The average Bonchev–Trinajstić information content (AvgIpc) is 2.38. The second-order valence-corrected chi connectivity index (χ2v) is 4.01. The van der Waals surface area contributed by atoms with E-state index >= 15 is 0 Å². The normalized spacial score (nSPS) is 11.2. The molecule has 2 aromatic rings. The van der Waals surface area contributed by atoms with Gasteiger partial charge in [0.05, 0.1) is 11.3 Å². The number of carbonyl (C=O) groups is 1. The van der Waals surface area contributed by atoms with Crippen molar-refractivity contribution in [1.82, 2.24) is 0 Å². The van der Waals surface area contributed by atoms with Gasteiger partial charge < -0.3 is 5.32 Å². The summed E-state index contributed by atoms with van der Waals surface area (Å²) < 4.78 is 51.2. The third-order valence-corrected chi connectivity index (χ3v) is 2.57. The van der Waals surface area contributed by atoms with E-state index in [4.69, 9.17) is 0 Å². The summed E-state index contributed by atoms with van der Waals surface area (Å²) in [4.78, 5) is 11.8. The predicted octanol–water partition coefficient (Wildman–Crippen LogP) is 4.10. The van der Waals surface area contributed by atoms with Gasteiger partial charge in [-0.1, -0.05) is 18.2 Å². The van der Waals surface area contributed by atoms with Crippen LogP contribution >= 0.6 is 0 Å². The van der Waals surface area contributed by atoms with Crippen LogP contribution in [0.1, 0.15) is 15.9 Å². The van der Waals surface area contributed by atoms with Crippen molar-refractivity contribution in [3.63, 3.8) is 0 Å². The smallest absolute Gasteiger partial charge is 0.321 e. The SMILES string of the molecule is O=C(Nc1ccccc1C(F)(F)F)c1cccc(F)c1. The van der Waals surface area contributed by atoms with Crippen molar-refractivity contribution in [2.24, 2.45) is 0 Å². The maximum atomic E-state index is 13.0. The van der Waals surface area contributed by atoms with Gasteiger partial charge in [0.2, 0.25) is 0 Å². The largest absolute Gasteiger partial charge is 0.418 e. The van der Waals surface area contributed by atoms with E-state index < -0.39 is 23.5 Å². The van der Waals surface area contributed by atoms with Gasteiger partial charge in [-0.3, -0.25) is 4.79 Å². The summed E-state index contributed by atoms with van der Waals surface area (Å²) in [6.45, 7) is 0. The van der Waals surface area contributed by atoms with Crippen LogP contribution in [-0.2, 0) is 6.18 Å². The first-order chi connectivity index (χ1) is 9.38. The van der Waals surface area contributed by atoms with Gasteiger partial charge in [-0.25, -0.2) is 4.39 Å². The zero-order valence-electron chi connectivity index (χ0n) is 10.0. The van der Waals surface area contributed by atoms with Crippen molar-refractivity contribution >= 4 is 11.6 Å². The van der Waals surface area contributed by atoms with Crippen LogP contribution in [0.5, 0.6) is 0 Å². The first-order valence-corrected chi connectivity index (χ1v) is 5.61. The molecule has 0 spiro atoms. The lowest BCUT2D eigenvalue weighted by molar-refractivity contribution is -0.136. The van der Waals surface area contributed by atoms with Crippen LogP contribution in [0.15, 0.2) is 48.5 Å². The Hall–Kier alpha value is -2.37. The number of benzene rings is 2. The molecule has 2 nitrogen and oxygen atoms in total. The molecule has 104 valence electrons. The number of hydrogen-bond acceptors (Lipinski definition) is 1. The minimum absolute atomic E-state index is 0.0537. The Bertz CT molecular complexity index is 637. The molecule has 0 atom stereocenters. The van der Waals surface area contributed by atoms with Gasteiger partial charge in [-0.2, -0.15) is 13.2 Å². The predicted molar refractivity (Wildman–Crippen MR) is 65.8 cm³/mol. The average molecular weight is 283 g/mol. The van der Waals surface area contributed by atoms with E-state index in [9.17, 15) is 22.4 Å². The molecule has 0 unspecified atom stereocenters. The molecule has 0 fully saturated rings. The highest BCUT2D eigenvalue weighted by Crippen LogP contribution is 2.34. The minimum atomic E-state index is -4.58. The Morgan fingerprint density at radius 1 is 1.00 bits per heavy atom. The summed E-state index contributed by atoms with van der Waals surface area (Å²) in [5.74, 6) is -1.44. The number of halogens is 4. The quantitative estimate of drug-likeness (QED) is 0.826. The Morgan fingerprint density at radius 2 is 1.70 bits per heavy atom. The Kier molecular flexibility index (Phi) is 3.74. The lowest BCUT2D eigenvalue weighted by Gasteiger charge is -2.13. The Labute approximate surface area is 112 Å². The van der Waals surface area contributed by atoms with Gasteiger partial charge in [0.15, 0.2) is 0 Å². The lowest BCUT2D eigenvalue weighted by Crippen LogP contribution is -2.16. The number of rotatable bonds is 2. The molecule has 1 amide bonds. The molecule has 0 saturated heterocycles. The standard InChI is InChI=1S/C14H9F4NO/c15-10-5-3-4-9(8-10)13(20)19-12-7-2-1-6-11(12)14(16,17)18/h1-8H,(H,19,20). The van der Waals surface area contributed by atoms with Crippen LogP contribution in [0, 0.1) is 5.82 Å². The summed E-state index contributed by atoms with van der Waals surface area (Å²) in [6, 6.07) is 9.30. The lowest BCUT2D eigenvalue weighted by atomic mass is 10.1. The van der Waals surface area contributed by atoms with Gasteiger partial charge in [-0.15, -0.1) is 0 Å². The van der Waals surface area contributed by atoms with Gasteiger partial charge in [0.25, 0.3) is 5.91 Å². The van der Waals surface area contributed by atoms with E-state index in [-0.39, 0.29) is 11.3 Å². The summed E-state index contributed by atoms with van der Waals surface area (Å²) in [6.07, 6.45) is -4.58. The first-order valence-electron chi connectivity index (χ1n) is 5.61. The summed E-state index contributed by atoms with van der Waals surface area (Å²) >= 11 is 0. The number of hydrogen-bond donors (Lipinski definition) is 1. The zero-order chi connectivity index (χ0) is 14.8.